The molecular formula is C12H14ClN3O. The van der Waals surface area contributed by atoms with Crippen LogP contribution in [0, 0.1) is 0 Å². The maximum atomic E-state index is 5.89. The molecular weight excluding hydrogens is 238 g/mol. The molecule has 0 aromatic carbocycles. The number of nitrogens with two attached hydrogens (primary N) is 1. The van der Waals surface area contributed by atoms with Crippen LogP contribution < -0.4 is 10.6 Å². The number of rotatable bonds is 4. The number of halogens is 1. The molecule has 0 aliphatic rings. The van der Waals surface area contributed by atoms with Crippen molar-refractivity contribution in [3.8, 4) is 0 Å². The summed E-state index contributed by atoms with van der Waals surface area (Å²) < 4.78 is 5.31. The Labute approximate surface area is 105 Å². The number of furan rings is 1. The zero-order valence-electron chi connectivity index (χ0n) is 9.56. The van der Waals surface area contributed by atoms with E-state index in [1.165, 1.54) is 0 Å². The minimum Gasteiger partial charge on any atom is -0.467 e. The molecule has 0 radical (unpaired) electrons. The highest BCUT2D eigenvalue weighted by Gasteiger charge is 2.09. The van der Waals surface area contributed by atoms with Gasteiger partial charge in [-0.1, -0.05) is 11.6 Å². The predicted molar refractivity (Wildman–Crippen MR) is 69.1 cm³/mol. The van der Waals surface area contributed by atoms with Crippen LogP contribution in [0.15, 0.2) is 34.9 Å². The van der Waals surface area contributed by atoms with Gasteiger partial charge in [-0.15, -0.1) is 0 Å². The fourth-order valence-corrected chi connectivity index (χ4v) is 1.82. The van der Waals surface area contributed by atoms with Gasteiger partial charge in [0.2, 0.25) is 0 Å². The van der Waals surface area contributed by atoms with Gasteiger partial charge in [-0.3, -0.25) is 0 Å². The van der Waals surface area contributed by atoms with Gasteiger partial charge in [0.05, 0.1) is 12.8 Å². The lowest BCUT2D eigenvalue weighted by atomic mass is 10.3. The van der Waals surface area contributed by atoms with Crippen molar-refractivity contribution in [1.82, 2.24) is 4.98 Å². The SMILES string of the molecule is CCN(Cc1ccco1)c1cc(N)cc(Cl)n1. The van der Waals surface area contributed by atoms with Crippen molar-refractivity contribution in [2.24, 2.45) is 0 Å². The molecule has 2 rings (SSSR count). The van der Waals surface area contributed by atoms with E-state index >= 15 is 0 Å². The van der Waals surface area contributed by atoms with Gasteiger partial charge in [-0.25, -0.2) is 4.98 Å². The molecule has 0 atom stereocenters. The Bertz CT molecular complexity index is 464. The highest BCUT2D eigenvalue weighted by molar-refractivity contribution is 6.29. The molecule has 17 heavy (non-hydrogen) atoms. The molecule has 0 aliphatic carbocycles. The van der Waals surface area contributed by atoms with Crippen LogP contribution in [0.3, 0.4) is 0 Å². The number of nitrogen functional groups attached to an aromatic ring is 1. The van der Waals surface area contributed by atoms with Gasteiger partial charge in [-0.05, 0) is 25.1 Å². The van der Waals surface area contributed by atoms with Gasteiger partial charge in [0, 0.05) is 18.3 Å². The number of pyridine rings is 1. The van der Waals surface area contributed by atoms with Crippen LogP contribution in [-0.2, 0) is 6.54 Å². The zero-order valence-corrected chi connectivity index (χ0v) is 10.3. The van der Waals surface area contributed by atoms with Crippen LogP contribution in [0.5, 0.6) is 0 Å². The zero-order chi connectivity index (χ0) is 12.3. The largest absolute Gasteiger partial charge is 0.467 e. The fraction of sp³-hybridized carbons (Fsp3) is 0.250. The van der Waals surface area contributed by atoms with Crippen LogP contribution in [0.4, 0.5) is 11.5 Å². The third-order valence-corrected chi connectivity index (χ3v) is 2.63. The molecule has 0 aliphatic heterocycles. The Morgan fingerprint density at radius 3 is 2.88 bits per heavy atom. The lowest BCUT2D eigenvalue weighted by molar-refractivity contribution is 0.503. The van der Waals surface area contributed by atoms with Crippen molar-refractivity contribution < 1.29 is 4.42 Å². The molecule has 2 heterocycles. The minimum atomic E-state index is 0.401. The molecule has 2 N–H and O–H groups in total. The van der Waals surface area contributed by atoms with Crippen LogP contribution in [0.2, 0.25) is 5.15 Å². The molecule has 0 amide bonds. The van der Waals surface area contributed by atoms with Gasteiger partial charge in [0.25, 0.3) is 0 Å². The molecule has 90 valence electrons. The first-order chi connectivity index (χ1) is 8.19. The monoisotopic (exact) mass is 251 g/mol. The maximum Gasteiger partial charge on any atom is 0.133 e. The van der Waals surface area contributed by atoms with Gasteiger partial charge >= 0.3 is 0 Å². The summed E-state index contributed by atoms with van der Waals surface area (Å²) in [6.45, 7) is 3.49. The highest BCUT2D eigenvalue weighted by atomic mass is 35.5. The molecule has 5 heteroatoms. The number of nitrogens with zero attached hydrogens (tertiary/aromatic N) is 2. The smallest absolute Gasteiger partial charge is 0.133 e. The standard InChI is InChI=1S/C12H14ClN3O/c1-2-16(8-10-4-3-5-17-10)12-7-9(14)6-11(13)15-12/h3-7H,2,8H2,1H3,(H2,14,15). The van der Waals surface area contributed by atoms with E-state index in [9.17, 15) is 0 Å². The molecule has 0 saturated heterocycles. The summed E-state index contributed by atoms with van der Waals surface area (Å²) in [5.74, 6) is 1.64. The van der Waals surface area contributed by atoms with Gasteiger partial charge in [0.15, 0.2) is 0 Å². The molecule has 2 aromatic rings. The Balaban J connectivity index is 2.22. The molecule has 0 bridgehead atoms. The first kappa shape index (κ1) is 11.8. The highest BCUT2D eigenvalue weighted by Crippen LogP contribution is 2.21. The maximum absolute atomic E-state index is 5.89. The van der Waals surface area contributed by atoms with Crippen molar-refractivity contribution >= 4 is 23.1 Å². The summed E-state index contributed by atoms with van der Waals surface area (Å²) in [4.78, 5) is 6.30. The summed E-state index contributed by atoms with van der Waals surface area (Å²) in [7, 11) is 0. The topological polar surface area (TPSA) is 55.3 Å². The lowest BCUT2D eigenvalue weighted by Gasteiger charge is -2.21. The van der Waals surface area contributed by atoms with E-state index in [-0.39, 0.29) is 0 Å². The Kier molecular flexibility index (Phi) is 3.54. The third kappa shape index (κ3) is 2.91. The van der Waals surface area contributed by atoms with E-state index in [4.69, 9.17) is 21.8 Å². The second kappa shape index (κ2) is 5.10. The molecule has 4 nitrogen and oxygen atoms in total. The number of hydrogen-bond acceptors (Lipinski definition) is 4. The summed E-state index contributed by atoms with van der Waals surface area (Å²) in [5.41, 5.74) is 6.36. The number of aromatic nitrogens is 1. The Morgan fingerprint density at radius 2 is 2.29 bits per heavy atom. The average molecular weight is 252 g/mol. The van der Waals surface area contributed by atoms with E-state index < -0.39 is 0 Å². The number of hydrogen-bond donors (Lipinski definition) is 1. The van der Waals surface area contributed by atoms with Crippen LogP contribution in [0.1, 0.15) is 12.7 Å². The van der Waals surface area contributed by atoms with Crippen molar-refractivity contribution in [3.63, 3.8) is 0 Å². The van der Waals surface area contributed by atoms with Gasteiger partial charge < -0.3 is 15.1 Å². The summed E-state index contributed by atoms with van der Waals surface area (Å²) in [6.07, 6.45) is 1.66. The van der Waals surface area contributed by atoms with Crippen molar-refractivity contribution in [3.05, 3.63) is 41.4 Å². The van der Waals surface area contributed by atoms with Crippen LogP contribution in [0.25, 0.3) is 0 Å². The van der Waals surface area contributed by atoms with Crippen molar-refractivity contribution in [1.29, 1.82) is 0 Å². The molecule has 0 fully saturated rings. The van der Waals surface area contributed by atoms with Gasteiger partial charge in [0.1, 0.15) is 16.7 Å². The third-order valence-electron chi connectivity index (χ3n) is 2.44. The van der Waals surface area contributed by atoms with E-state index in [1.54, 1.807) is 18.4 Å². The second-order valence-electron chi connectivity index (χ2n) is 3.67. The summed E-state index contributed by atoms with van der Waals surface area (Å²) >= 11 is 5.89. The first-order valence-corrected chi connectivity index (χ1v) is 5.77. The Hall–Kier alpha value is -1.68. The molecule has 0 saturated carbocycles. The van der Waals surface area contributed by atoms with E-state index in [1.807, 2.05) is 24.0 Å². The summed E-state index contributed by atoms with van der Waals surface area (Å²) in [5, 5.41) is 0.401. The summed E-state index contributed by atoms with van der Waals surface area (Å²) in [6, 6.07) is 7.23. The quantitative estimate of drug-likeness (QED) is 0.849. The van der Waals surface area contributed by atoms with Crippen molar-refractivity contribution in [2.75, 3.05) is 17.2 Å². The van der Waals surface area contributed by atoms with Gasteiger partial charge in [-0.2, -0.15) is 0 Å². The molecule has 2 aromatic heterocycles. The minimum absolute atomic E-state index is 0.401. The number of anilines is 2. The first-order valence-electron chi connectivity index (χ1n) is 5.39. The second-order valence-corrected chi connectivity index (χ2v) is 4.06. The van der Waals surface area contributed by atoms with Crippen LogP contribution in [-0.4, -0.2) is 11.5 Å². The normalized spacial score (nSPS) is 10.5. The lowest BCUT2D eigenvalue weighted by Crippen LogP contribution is -2.23. The average Bonchev–Trinajstić information content (AvgIpc) is 2.77. The van der Waals surface area contributed by atoms with E-state index in [0.717, 1.165) is 18.1 Å². The Morgan fingerprint density at radius 1 is 1.47 bits per heavy atom. The fourth-order valence-electron chi connectivity index (χ4n) is 1.61. The van der Waals surface area contributed by atoms with E-state index in [2.05, 4.69) is 4.98 Å². The van der Waals surface area contributed by atoms with Crippen molar-refractivity contribution in [2.45, 2.75) is 13.5 Å². The van der Waals surface area contributed by atoms with E-state index in [0.29, 0.717) is 17.4 Å². The molecule has 0 spiro atoms. The molecule has 0 unspecified atom stereocenters. The van der Waals surface area contributed by atoms with Crippen LogP contribution >= 0.6 is 11.6 Å². The predicted octanol–water partition coefficient (Wildman–Crippen LogP) is 2.94.